The largest absolute Gasteiger partial charge is 0.481 e. The fraction of sp³-hybridized carbons (Fsp3) is 0.333. The molecule has 1 unspecified atom stereocenters. The van der Waals surface area contributed by atoms with Gasteiger partial charge in [-0.15, -0.1) is 0 Å². The van der Waals surface area contributed by atoms with E-state index in [1.807, 2.05) is 24.3 Å². The van der Waals surface area contributed by atoms with E-state index in [1.165, 1.54) is 6.33 Å². The molecule has 1 aromatic heterocycles. The van der Waals surface area contributed by atoms with Gasteiger partial charge in [-0.2, -0.15) is 0 Å². The minimum atomic E-state index is 0.0607. The van der Waals surface area contributed by atoms with E-state index in [-0.39, 0.29) is 6.04 Å². The van der Waals surface area contributed by atoms with Gasteiger partial charge >= 0.3 is 0 Å². The van der Waals surface area contributed by atoms with Crippen molar-refractivity contribution in [2.24, 2.45) is 0 Å². The zero-order valence-electron chi connectivity index (χ0n) is 11.9. The van der Waals surface area contributed by atoms with E-state index in [9.17, 15) is 0 Å². The van der Waals surface area contributed by atoms with Crippen LogP contribution in [0, 0.1) is 0 Å². The third-order valence-electron chi connectivity index (χ3n) is 3.12. The Kier molecular flexibility index (Phi) is 5.96. The third kappa shape index (κ3) is 4.40. The van der Waals surface area contributed by atoms with Gasteiger partial charge in [0.1, 0.15) is 6.33 Å². The van der Waals surface area contributed by atoms with Crippen LogP contribution in [0.5, 0.6) is 5.88 Å². The first-order valence-electron chi connectivity index (χ1n) is 6.67. The molecule has 0 saturated carbocycles. The fourth-order valence-corrected chi connectivity index (χ4v) is 2.84. The van der Waals surface area contributed by atoms with Crippen molar-refractivity contribution in [1.29, 1.82) is 0 Å². The molecule has 1 atom stereocenters. The van der Waals surface area contributed by atoms with Crippen molar-refractivity contribution < 1.29 is 4.74 Å². The van der Waals surface area contributed by atoms with Gasteiger partial charge in [0.15, 0.2) is 0 Å². The standard InChI is InChI=1S/C15H17BrClN3O/c1-3-18-13(14-8-15(21-2)20-9-19-14)6-10-4-5-11(16)7-12(10)17/h4-5,7-9,13,18H,3,6H2,1-2H3. The number of hydrogen-bond donors (Lipinski definition) is 1. The number of likely N-dealkylation sites (N-methyl/N-ethyl adjacent to an activating group) is 1. The van der Waals surface area contributed by atoms with Crippen molar-refractivity contribution in [3.8, 4) is 5.88 Å². The van der Waals surface area contributed by atoms with Gasteiger partial charge in [-0.25, -0.2) is 9.97 Å². The van der Waals surface area contributed by atoms with E-state index in [2.05, 4.69) is 38.1 Å². The maximum atomic E-state index is 6.30. The summed E-state index contributed by atoms with van der Waals surface area (Å²) < 4.78 is 6.13. The van der Waals surface area contributed by atoms with Crippen molar-refractivity contribution in [2.45, 2.75) is 19.4 Å². The molecular formula is C15H17BrClN3O. The number of benzene rings is 1. The number of nitrogens with zero attached hydrogens (tertiary/aromatic N) is 2. The number of nitrogens with one attached hydrogen (secondary N) is 1. The minimum absolute atomic E-state index is 0.0607. The van der Waals surface area contributed by atoms with Crippen LogP contribution in [-0.2, 0) is 6.42 Å². The maximum Gasteiger partial charge on any atom is 0.216 e. The Morgan fingerprint density at radius 2 is 2.14 bits per heavy atom. The summed E-state index contributed by atoms with van der Waals surface area (Å²) in [7, 11) is 1.60. The van der Waals surface area contributed by atoms with Gasteiger partial charge in [0.25, 0.3) is 0 Å². The highest BCUT2D eigenvalue weighted by molar-refractivity contribution is 9.10. The monoisotopic (exact) mass is 369 g/mol. The molecule has 0 spiro atoms. The molecule has 1 aromatic carbocycles. The smallest absolute Gasteiger partial charge is 0.216 e. The van der Waals surface area contributed by atoms with Crippen LogP contribution in [0.1, 0.15) is 24.2 Å². The lowest BCUT2D eigenvalue weighted by Crippen LogP contribution is -2.24. The Morgan fingerprint density at radius 1 is 1.33 bits per heavy atom. The second kappa shape index (κ2) is 7.73. The normalized spacial score (nSPS) is 12.2. The van der Waals surface area contributed by atoms with Crippen LogP contribution >= 0.6 is 27.5 Å². The molecule has 0 aliphatic rings. The first-order chi connectivity index (χ1) is 10.1. The van der Waals surface area contributed by atoms with Gasteiger partial charge in [0.2, 0.25) is 5.88 Å². The SMILES string of the molecule is CCNC(Cc1ccc(Br)cc1Cl)c1cc(OC)ncn1. The zero-order chi connectivity index (χ0) is 15.2. The highest BCUT2D eigenvalue weighted by atomic mass is 79.9. The molecule has 6 heteroatoms. The number of aromatic nitrogens is 2. The molecule has 2 rings (SSSR count). The summed E-state index contributed by atoms with van der Waals surface area (Å²) in [6.45, 7) is 2.90. The Balaban J connectivity index is 2.25. The molecule has 112 valence electrons. The summed E-state index contributed by atoms with van der Waals surface area (Å²) >= 11 is 9.72. The molecule has 0 radical (unpaired) electrons. The van der Waals surface area contributed by atoms with Gasteiger partial charge in [0.05, 0.1) is 18.8 Å². The predicted octanol–water partition coefficient (Wildman–Crippen LogP) is 3.79. The van der Waals surface area contributed by atoms with E-state index >= 15 is 0 Å². The molecule has 0 aliphatic carbocycles. The van der Waals surface area contributed by atoms with Crippen LogP contribution in [0.2, 0.25) is 5.02 Å². The van der Waals surface area contributed by atoms with Crippen LogP contribution in [-0.4, -0.2) is 23.6 Å². The zero-order valence-corrected chi connectivity index (χ0v) is 14.3. The van der Waals surface area contributed by atoms with Crippen molar-refractivity contribution in [1.82, 2.24) is 15.3 Å². The van der Waals surface area contributed by atoms with Crippen molar-refractivity contribution in [3.63, 3.8) is 0 Å². The van der Waals surface area contributed by atoms with Crippen molar-refractivity contribution in [3.05, 3.63) is 51.3 Å². The highest BCUT2D eigenvalue weighted by Crippen LogP contribution is 2.26. The Labute approximate surface area is 138 Å². The molecule has 0 saturated heterocycles. The molecule has 0 amide bonds. The van der Waals surface area contributed by atoms with Crippen LogP contribution < -0.4 is 10.1 Å². The van der Waals surface area contributed by atoms with Crippen LogP contribution in [0.4, 0.5) is 0 Å². The van der Waals surface area contributed by atoms with Gasteiger partial charge in [-0.1, -0.05) is 40.5 Å². The molecule has 1 N–H and O–H groups in total. The first-order valence-corrected chi connectivity index (χ1v) is 7.84. The molecule has 21 heavy (non-hydrogen) atoms. The lowest BCUT2D eigenvalue weighted by molar-refractivity contribution is 0.393. The third-order valence-corrected chi connectivity index (χ3v) is 3.96. The van der Waals surface area contributed by atoms with Gasteiger partial charge in [-0.3, -0.25) is 0 Å². The number of hydrogen-bond acceptors (Lipinski definition) is 4. The molecule has 4 nitrogen and oxygen atoms in total. The van der Waals surface area contributed by atoms with Gasteiger partial charge in [-0.05, 0) is 30.7 Å². The lowest BCUT2D eigenvalue weighted by Gasteiger charge is -2.18. The molecular weight excluding hydrogens is 354 g/mol. The van der Waals surface area contributed by atoms with Crippen LogP contribution in [0.25, 0.3) is 0 Å². The Hall–Kier alpha value is -1.17. The summed E-state index contributed by atoms with van der Waals surface area (Å²) in [6.07, 6.45) is 2.27. The minimum Gasteiger partial charge on any atom is -0.481 e. The van der Waals surface area contributed by atoms with Gasteiger partial charge in [0, 0.05) is 15.6 Å². The Morgan fingerprint density at radius 3 is 2.81 bits per heavy atom. The van der Waals surface area contributed by atoms with Crippen molar-refractivity contribution >= 4 is 27.5 Å². The van der Waals surface area contributed by atoms with E-state index in [0.29, 0.717) is 5.88 Å². The molecule has 0 bridgehead atoms. The number of methoxy groups -OCH3 is 1. The summed E-state index contributed by atoms with van der Waals surface area (Å²) in [5.41, 5.74) is 1.96. The average molecular weight is 371 g/mol. The number of ether oxygens (including phenoxy) is 1. The molecule has 0 fully saturated rings. The lowest BCUT2D eigenvalue weighted by atomic mass is 10.0. The van der Waals surface area contributed by atoms with E-state index in [1.54, 1.807) is 7.11 Å². The fourth-order valence-electron chi connectivity index (χ4n) is 2.09. The first kappa shape index (κ1) is 16.2. The Bertz CT molecular complexity index is 609. The summed E-state index contributed by atoms with van der Waals surface area (Å²) in [5.74, 6) is 0.560. The molecule has 0 aliphatic heterocycles. The summed E-state index contributed by atoms with van der Waals surface area (Å²) in [5, 5.41) is 4.17. The van der Waals surface area contributed by atoms with Crippen LogP contribution in [0.3, 0.4) is 0 Å². The topological polar surface area (TPSA) is 47.0 Å². The highest BCUT2D eigenvalue weighted by Gasteiger charge is 2.15. The predicted molar refractivity (Wildman–Crippen MR) is 87.9 cm³/mol. The molecule has 1 heterocycles. The summed E-state index contributed by atoms with van der Waals surface area (Å²) in [4.78, 5) is 8.39. The van der Waals surface area contributed by atoms with Gasteiger partial charge < -0.3 is 10.1 Å². The summed E-state index contributed by atoms with van der Waals surface area (Å²) in [6, 6.07) is 7.83. The van der Waals surface area contributed by atoms with E-state index in [0.717, 1.165) is 33.7 Å². The van der Waals surface area contributed by atoms with E-state index < -0.39 is 0 Å². The average Bonchev–Trinajstić information content (AvgIpc) is 2.49. The quantitative estimate of drug-likeness (QED) is 0.840. The molecule has 2 aromatic rings. The maximum absolute atomic E-state index is 6.30. The number of rotatable bonds is 6. The second-order valence-electron chi connectivity index (χ2n) is 4.54. The van der Waals surface area contributed by atoms with E-state index in [4.69, 9.17) is 16.3 Å². The van der Waals surface area contributed by atoms with Crippen LogP contribution in [0.15, 0.2) is 35.1 Å². The van der Waals surface area contributed by atoms with Crippen molar-refractivity contribution in [2.75, 3.05) is 13.7 Å². The second-order valence-corrected chi connectivity index (χ2v) is 5.86. The number of halogens is 2.